The first-order valence-electron chi connectivity index (χ1n) is 3.67. The molecule has 12 heavy (non-hydrogen) atoms. The molecule has 0 atom stereocenters. The molecule has 0 aromatic heterocycles. The summed E-state index contributed by atoms with van der Waals surface area (Å²) in [6.07, 6.45) is 0.646. The summed E-state index contributed by atoms with van der Waals surface area (Å²) in [4.78, 5) is 0. The van der Waals surface area contributed by atoms with Crippen LogP contribution in [0.3, 0.4) is 0 Å². The Kier molecular flexibility index (Phi) is 3.50. The van der Waals surface area contributed by atoms with E-state index in [0.717, 1.165) is 5.56 Å². The highest BCUT2D eigenvalue weighted by atomic mass is 35.5. The Hall–Kier alpha value is -0.600. The lowest BCUT2D eigenvalue weighted by atomic mass is 10.1. The van der Waals surface area contributed by atoms with Crippen molar-refractivity contribution in [3.8, 4) is 0 Å². The van der Waals surface area contributed by atoms with Gasteiger partial charge in [0.25, 0.3) is 0 Å². The SMILES string of the molecule is COCCc1cc(F)ccc1Cl. The third-order valence-electron chi connectivity index (χ3n) is 1.58. The van der Waals surface area contributed by atoms with Crippen molar-refractivity contribution in [2.75, 3.05) is 13.7 Å². The molecule has 1 aromatic rings. The van der Waals surface area contributed by atoms with E-state index < -0.39 is 0 Å². The molecule has 0 bridgehead atoms. The van der Waals surface area contributed by atoms with E-state index in [1.165, 1.54) is 12.1 Å². The summed E-state index contributed by atoms with van der Waals surface area (Å²) in [6, 6.07) is 4.34. The maximum Gasteiger partial charge on any atom is 0.123 e. The molecule has 0 spiro atoms. The van der Waals surface area contributed by atoms with Crippen LogP contribution in [-0.2, 0) is 11.2 Å². The zero-order valence-electron chi connectivity index (χ0n) is 6.81. The molecule has 0 heterocycles. The van der Waals surface area contributed by atoms with E-state index >= 15 is 0 Å². The van der Waals surface area contributed by atoms with Crippen molar-refractivity contribution in [3.05, 3.63) is 34.6 Å². The lowest BCUT2D eigenvalue weighted by Gasteiger charge is -2.02. The number of hydrogen-bond acceptors (Lipinski definition) is 1. The van der Waals surface area contributed by atoms with E-state index in [9.17, 15) is 4.39 Å². The average Bonchev–Trinajstić information content (AvgIpc) is 2.07. The van der Waals surface area contributed by atoms with Gasteiger partial charge in [0, 0.05) is 12.1 Å². The largest absolute Gasteiger partial charge is 0.384 e. The predicted octanol–water partition coefficient (Wildman–Crippen LogP) is 2.67. The van der Waals surface area contributed by atoms with E-state index in [1.54, 1.807) is 13.2 Å². The molecule has 0 amide bonds. The van der Waals surface area contributed by atoms with Crippen molar-refractivity contribution in [1.29, 1.82) is 0 Å². The minimum atomic E-state index is -0.259. The number of methoxy groups -OCH3 is 1. The van der Waals surface area contributed by atoms with Crippen LogP contribution in [0.15, 0.2) is 18.2 Å². The molecule has 0 fully saturated rings. The Labute approximate surface area is 76.1 Å². The van der Waals surface area contributed by atoms with Crippen LogP contribution in [0.5, 0.6) is 0 Å². The van der Waals surface area contributed by atoms with Crippen molar-refractivity contribution in [2.45, 2.75) is 6.42 Å². The first kappa shape index (κ1) is 9.49. The Morgan fingerprint density at radius 3 is 2.92 bits per heavy atom. The van der Waals surface area contributed by atoms with Crippen LogP contribution >= 0.6 is 11.6 Å². The molecule has 0 aliphatic carbocycles. The van der Waals surface area contributed by atoms with Gasteiger partial charge in [-0.25, -0.2) is 4.39 Å². The predicted molar refractivity (Wildman–Crippen MR) is 47.0 cm³/mol. The van der Waals surface area contributed by atoms with E-state index in [0.29, 0.717) is 18.1 Å². The zero-order chi connectivity index (χ0) is 8.97. The topological polar surface area (TPSA) is 9.23 Å². The second-order valence-electron chi connectivity index (χ2n) is 2.48. The number of rotatable bonds is 3. The maximum absolute atomic E-state index is 12.7. The maximum atomic E-state index is 12.7. The van der Waals surface area contributed by atoms with Crippen LogP contribution in [0.2, 0.25) is 5.02 Å². The van der Waals surface area contributed by atoms with Crippen molar-refractivity contribution >= 4 is 11.6 Å². The van der Waals surface area contributed by atoms with E-state index in [-0.39, 0.29) is 5.82 Å². The van der Waals surface area contributed by atoms with Gasteiger partial charge in [0.05, 0.1) is 6.61 Å². The Morgan fingerprint density at radius 2 is 2.25 bits per heavy atom. The Balaban J connectivity index is 2.75. The van der Waals surface area contributed by atoms with Crippen LogP contribution in [-0.4, -0.2) is 13.7 Å². The highest BCUT2D eigenvalue weighted by molar-refractivity contribution is 6.31. The molecule has 1 aromatic carbocycles. The smallest absolute Gasteiger partial charge is 0.123 e. The molecule has 0 unspecified atom stereocenters. The first-order valence-corrected chi connectivity index (χ1v) is 4.04. The zero-order valence-corrected chi connectivity index (χ0v) is 7.57. The molecule has 0 N–H and O–H groups in total. The summed E-state index contributed by atoms with van der Waals surface area (Å²) in [5.74, 6) is -0.259. The van der Waals surface area contributed by atoms with Crippen molar-refractivity contribution in [1.82, 2.24) is 0 Å². The van der Waals surface area contributed by atoms with Gasteiger partial charge >= 0.3 is 0 Å². The lowest BCUT2D eigenvalue weighted by molar-refractivity contribution is 0.202. The fourth-order valence-electron chi connectivity index (χ4n) is 0.947. The lowest BCUT2D eigenvalue weighted by Crippen LogP contribution is -1.95. The van der Waals surface area contributed by atoms with Crippen LogP contribution in [0.25, 0.3) is 0 Å². The van der Waals surface area contributed by atoms with Gasteiger partial charge in [0.15, 0.2) is 0 Å². The van der Waals surface area contributed by atoms with Crippen molar-refractivity contribution in [2.24, 2.45) is 0 Å². The van der Waals surface area contributed by atoms with Crippen LogP contribution in [0, 0.1) is 5.82 Å². The Morgan fingerprint density at radius 1 is 1.50 bits per heavy atom. The van der Waals surface area contributed by atoms with Gasteiger partial charge in [0.1, 0.15) is 5.82 Å². The molecule has 0 saturated heterocycles. The van der Waals surface area contributed by atoms with E-state index in [4.69, 9.17) is 16.3 Å². The van der Waals surface area contributed by atoms with Gasteiger partial charge in [-0.1, -0.05) is 11.6 Å². The summed E-state index contributed by atoms with van der Waals surface area (Å²) in [5, 5.41) is 0.591. The summed E-state index contributed by atoms with van der Waals surface area (Å²) in [5.41, 5.74) is 0.790. The van der Waals surface area contributed by atoms with Crippen LogP contribution in [0.1, 0.15) is 5.56 Å². The normalized spacial score (nSPS) is 10.2. The highest BCUT2D eigenvalue weighted by Gasteiger charge is 2.00. The summed E-state index contributed by atoms with van der Waals surface area (Å²) in [6.45, 7) is 0.559. The minimum Gasteiger partial charge on any atom is -0.384 e. The summed E-state index contributed by atoms with van der Waals surface area (Å²) < 4.78 is 17.5. The molecule has 1 rings (SSSR count). The Bertz CT molecular complexity index is 263. The fraction of sp³-hybridized carbons (Fsp3) is 0.333. The van der Waals surface area contributed by atoms with Crippen molar-refractivity contribution in [3.63, 3.8) is 0 Å². The first-order chi connectivity index (χ1) is 5.74. The molecule has 1 nitrogen and oxygen atoms in total. The standard InChI is InChI=1S/C9H10ClFO/c1-12-5-4-7-6-8(11)2-3-9(7)10/h2-3,6H,4-5H2,1H3. The molecule has 0 radical (unpaired) electrons. The molecule has 66 valence electrons. The van der Waals surface area contributed by atoms with Gasteiger partial charge in [-0.15, -0.1) is 0 Å². The molecule has 3 heteroatoms. The van der Waals surface area contributed by atoms with Crippen LogP contribution in [0.4, 0.5) is 4.39 Å². The molecule has 0 aliphatic rings. The summed E-state index contributed by atoms with van der Waals surface area (Å²) >= 11 is 5.81. The fourth-order valence-corrected chi connectivity index (χ4v) is 1.16. The third kappa shape index (κ3) is 2.47. The number of halogens is 2. The quantitative estimate of drug-likeness (QED) is 0.709. The molecular formula is C9H10ClFO. The number of hydrogen-bond donors (Lipinski definition) is 0. The van der Waals surface area contributed by atoms with Gasteiger partial charge in [0.2, 0.25) is 0 Å². The highest BCUT2D eigenvalue weighted by Crippen LogP contribution is 2.17. The van der Waals surface area contributed by atoms with Crippen molar-refractivity contribution < 1.29 is 9.13 Å². The molecular weight excluding hydrogens is 179 g/mol. The summed E-state index contributed by atoms with van der Waals surface area (Å²) in [7, 11) is 1.60. The van der Waals surface area contributed by atoms with E-state index in [1.807, 2.05) is 0 Å². The molecule has 0 aliphatic heterocycles. The number of ether oxygens (including phenoxy) is 1. The van der Waals surface area contributed by atoms with Gasteiger partial charge in [-0.05, 0) is 30.2 Å². The average molecular weight is 189 g/mol. The third-order valence-corrected chi connectivity index (χ3v) is 1.95. The van der Waals surface area contributed by atoms with Gasteiger partial charge in [-0.2, -0.15) is 0 Å². The van der Waals surface area contributed by atoms with Gasteiger partial charge in [-0.3, -0.25) is 0 Å². The molecule has 0 saturated carbocycles. The monoisotopic (exact) mass is 188 g/mol. The second-order valence-corrected chi connectivity index (χ2v) is 2.89. The second kappa shape index (κ2) is 4.43. The number of benzene rings is 1. The minimum absolute atomic E-state index is 0.259. The van der Waals surface area contributed by atoms with Crippen LogP contribution < -0.4 is 0 Å². The van der Waals surface area contributed by atoms with Gasteiger partial charge < -0.3 is 4.74 Å². The van der Waals surface area contributed by atoms with E-state index in [2.05, 4.69) is 0 Å².